The van der Waals surface area contributed by atoms with Gasteiger partial charge in [-0.2, -0.15) is 13.2 Å². The first-order valence-corrected chi connectivity index (χ1v) is 19.9. The van der Waals surface area contributed by atoms with Crippen molar-refractivity contribution in [1.82, 2.24) is 0 Å². The molecule has 0 aliphatic heterocycles. The van der Waals surface area contributed by atoms with E-state index in [1.165, 1.54) is 111 Å². The van der Waals surface area contributed by atoms with Crippen LogP contribution in [-0.4, -0.2) is 5.97 Å². The molecular weight excluding hydrogens is 650 g/mol. The van der Waals surface area contributed by atoms with Crippen LogP contribution in [0.2, 0.25) is 0 Å². The van der Waals surface area contributed by atoms with Crippen molar-refractivity contribution in [2.45, 2.75) is 135 Å². The van der Waals surface area contributed by atoms with Crippen LogP contribution in [-0.2, 0) is 17.1 Å². The van der Waals surface area contributed by atoms with E-state index in [0.29, 0.717) is 12.1 Å². The second kappa shape index (κ2) is 17.1. The number of halogens is 3. The predicted molar refractivity (Wildman–Crippen MR) is 195 cm³/mol. The van der Waals surface area contributed by atoms with Crippen LogP contribution in [0, 0.1) is 0 Å². The van der Waals surface area contributed by atoms with Gasteiger partial charge in [0.25, 0.3) is 0 Å². The topological polar surface area (TPSA) is 40.1 Å². The Morgan fingerprint density at radius 1 is 0.480 bits per heavy atom. The summed E-state index contributed by atoms with van der Waals surface area (Å²) in [7, 11) is -0.0542. The molecule has 0 N–H and O–H groups in total. The lowest BCUT2D eigenvalue weighted by Gasteiger charge is -2.23. The third-order valence-corrected chi connectivity index (χ3v) is 13.3. The first kappa shape index (κ1) is 36.3. The van der Waals surface area contributed by atoms with Gasteiger partial charge in [-0.3, -0.25) is 0 Å². The maximum atomic E-state index is 12.0. The maximum Gasteiger partial charge on any atom is 0.416 e. The highest BCUT2D eigenvalue weighted by Gasteiger charge is 2.31. The number of carboxylic acid groups (broad SMARTS) is 1. The quantitative estimate of drug-likeness (QED) is 0.180. The number of carbonyl (C=O) groups is 1. The van der Waals surface area contributed by atoms with Gasteiger partial charge in [0.1, 0.15) is 0 Å². The van der Waals surface area contributed by atoms with Crippen LogP contribution in [0.4, 0.5) is 13.2 Å². The van der Waals surface area contributed by atoms with E-state index >= 15 is 0 Å². The summed E-state index contributed by atoms with van der Waals surface area (Å²) in [5.41, 5.74) is 3.54. The molecule has 0 spiro atoms. The highest BCUT2D eigenvalue weighted by Crippen LogP contribution is 2.39. The average Bonchev–Trinajstić information content (AvgIpc) is 3.17. The normalized spacial score (nSPS) is 18.0. The average molecular weight is 699 g/mol. The van der Waals surface area contributed by atoms with Crippen LogP contribution in [0.1, 0.15) is 147 Å². The minimum absolute atomic E-state index is 0.0542. The Morgan fingerprint density at radius 2 is 0.780 bits per heavy atom. The highest BCUT2D eigenvalue weighted by atomic mass is 32.2. The van der Waals surface area contributed by atoms with Crippen molar-refractivity contribution in [3.05, 3.63) is 125 Å². The fourth-order valence-corrected chi connectivity index (χ4v) is 10.2. The van der Waals surface area contributed by atoms with Crippen molar-refractivity contribution in [2.24, 2.45) is 0 Å². The minimum atomic E-state index is -4.44. The van der Waals surface area contributed by atoms with E-state index in [9.17, 15) is 23.1 Å². The van der Waals surface area contributed by atoms with Crippen molar-refractivity contribution >= 4 is 16.9 Å². The van der Waals surface area contributed by atoms with Crippen LogP contribution in [0.5, 0.6) is 0 Å². The Balaban J connectivity index is 0.000000281. The van der Waals surface area contributed by atoms with E-state index in [1.807, 2.05) is 0 Å². The lowest BCUT2D eigenvalue weighted by atomic mass is 9.84. The van der Waals surface area contributed by atoms with Gasteiger partial charge in [0.05, 0.1) is 22.4 Å². The van der Waals surface area contributed by atoms with Crippen molar-refractivity contribution in [1.29, 1.82) is 0 Å². The smallest absolute Gasteiger partial charge is 0.416 e. The zero-order chi connectivity index (χ0) is 34.9. The zero-order valence-corrected chi connectivity index (χ0v) is 29.8. The molecular formula is C44H49F3O2S. The molecule has 3 saturated carbocycles. The Hall–Kier alpha value is -3.51. The second-order valence-corrected chi connectivity index (χ2v) is 16.4. The number of carboxylic acids is 1. The van der Waals surface area contributed by atoms with Gasteiger partial charge >= 0.3 is 6.18 Å². The Labute approximate surface area is 298 Å². The van der Waals surface area contributed by atoms with Crippen molar-refractivity contribution < 1.29 is 23.1 Å². The molecule has 0 unspecified atom stereocenters. The molecule has 0 saturated heterocycles. The van der Waals surface area contributed by atoms with Crippen LogP contribution in [0.15, 0.2) is 112 Å². The summed E-state index contributed by atoms with van der Waals surface area (Å²) in [6, 6.07) is 32.6. The monoisotopic (exact) mass is 698 g/mol. The molecule has 0 heterocycles. The van der Waals surface area contributed by atoms with E-state index in [4.69, 9.17) is 0 Å². The summed E-state index contributed by atoms with van der Waals surface area (Å²) in [6.07, 6.45) is 16.5. The van der Waals surface area contributed by atoms with E-state index in [1.54, 1.807) is 16.7 Å². The number of hydrogen-bond acceptors (Lipinski definition) is 2. The molecule has 3 aliphatic rings. The molecule has 3 fully saturated rings. The number of aromatic carboxylic acids is 1. The van der Waals surface area contributed by atoms with Crippen molar-refractivity contribution in [3.8, 4) is 0 Å². The van der Waals surface area contributed by atoms with Crippen LogP contribution in [0.25, 0.3) is 0 Å². The first-order valence-electron chi connectivity index (χ1n) is 18.7. The number of rotatable bonds is 7. The number of alkyl halides is 3. The Kier molecular flexibility index (Phi) is 12.4. The molecule has 264 valence electrons. The fourth-order valence-electron chi connectivity index (χ4n) is 8.14. The molecule has 50 heavy (non-hydrogen) atoms. The molecule has 4 aromatic carbocycles. The second-order valence-electron chi connectivity index (χ2n) is 14.4. The van der Waals surface area contributed by atoms with Gasteiger partial charge < -0.3 is 9.90 Å². The lowest BCUT2D eigenvalue weighted by molar-refractivity contribution is -0.255. The molecule has 6 heteroatoms. The van der Waals surface area contributed by atoms with E-state index in [-0.39, 0.29) is 16.5 Å². The molecule has 0 bridgehead atoms. The van der Waals surface area contributed by atoms with Crippen molar-refractivity contribution in [3.63, 3.8) is 0 Å². The summed E-state index contributed by atoms with van der Waals surface area (Å²) in [5.74, 6) is 0.825. The van der Waals surface area contributed by atoms with Gasteiger partial charge in [-0.25, -0.2) is 0 Å². The largest absolute Gasteiger partial charge is 0.545 e. The molecule has 2 nitrogen and oxygen atoms in total. The van der Waals surface area contributed by atoms with Crippen LogP contribution >= 0.6 is 0 Å². The fraction of sp³-hybridized carbons (Fsp3) is 0.432. The molecule has 4 aromatic rings. The number of hydrogen-bond donors (Lipinski definition) is 0. The zero-order valence-electron chi connectivity index (χ0n) is 28.9. The van der Waals surface area contributed by atoms with E-state index in [2.05, 4.69) is 72.8 Å². The van der Waals surface area contributed by atoms with Crippen LogP contribution in [0.3, 0.4) is 0 Å². The standard InChI is InChI=1S/C36H45S.C8H5F3O2/c1-4-10-28(11-5-1)31-16-22-34(23-17-31)37(35-24-18-32(19-25-35)29-12-6-2-7-13-29)36-26-20-33(21-27-36)30-14-8-3-9-15-30;9-8(10,11)6-3-1-5(2-4-6)7(12)13/h16-30H,1-15H2;1-4H,(H,12,13)/q+1;/p-1. The molecule has 0 radical (unpaired) electrons. The maximum absolute atomic E-state index is 12.0. The SMILES string of the molecule is O=C([O-])c1ccc(C(F)(F)F)cc1.c1cc([S+](c2ccc(C3CCCCC3)cc2)c2ccc(C3CCCCC3)cc2)ccc1C1CCCCC1. The van der Waals surface area contributed by atoms with Crippen LogP contribution < -0.4 is 5.11 Å². The highest BCUT2D eigenvalue weighted by molar-refractivity contribution is 7.97. The Morgan fingerprint density at radius 3 is 1.04 bits per heavy atom. The Bertz CT molecular complexity index is 1480. The van der Waals surface area contributed by atoms with E-state index < -0.39 is 17.7 Å². The van der Waals surface area contributed by atoms with Gasteiger partial charge in [0, 0.05) is 0 Å². The lowest BCUT2D eigenvalue weighted by Crippen LogP contribution is -2.22. The van der Waals surface area contributed by atoms with Gasteiger partial charge in [-0.05, 0) is 127 Å². The molecule has 0 amide bonds. The summed E-state index contributed by atoms with van der Waals surface area (Å²) >= 11 is 0. The number of carbonyl (C=O) groups excluding carboxylic acids is 1. The first-order chi connectivity index (χ1) is 24.3. The summed E-state index contributed by atoms with van der Waals surface area (Å²) in [6.45, 7) is 0. The van der Waals surface area contributed by atoms with Crippen molar-refractivity contribution in [2.75, 3.05) is 0 Å². The molecule has 3 aliphatic carbocycles. The molecule has 0 atom stereocenters. The van der Waals surface area contributed by atoms with Gasteiger partial charge in [0.2, 0.25) is 0 Å². The van der Waals surface area contributed by atoms with Gasteiger partial charge in [-0.15, -0.1) is 0 Å². The van der Waals surface area contributed by atoms with Gasteiger partial charge in [0.15, 0.2) is 14.7 Å². The predicted octanol–water partition coefficient (Wildman–Crippen LogP) is 12.0. The molecule has 7 rings (SSSR count). The summed E-state index contributed by atoms with van der Waals surface area (Å²) in [4.78, 5) is 14.6. The summed E-state index contributed by atoms with van der Waals surface area (Å²) < 4.78 is 35.9. The molecule has 0 aromatic heterocycles. The van der Waals surface area contributed by atoms with E-state index in [0.717, 1.165) is 29.9 Å². The third kappa shape index (κ3) is 9.42. The van der Waals surface area contributed by atoms with Gasteiger partial charge in [-0.1, -0.05) is 106 Å². The minimum Gasteiger partial charge on any atom is -0.545 e. The summed E-state index contributed by atoms with van der Waals surface area (Å²) in [5, 5.41) is 10.2. The third-order valence-electron chi connectivity index (χ3n) is 11.0. The number of benzene rings is 4.